The Bertz CT molecular complexity index is 184. The van der Waals surface area contributed by atoms with Gasteiger partial charge in [0.1, 0.15) is 5.76 Å². The Morgan fingerprint density at radius 1 is 1.67 bits per heavy atom. The fraction of sp³-hybridized carbons (Fsp3) is 0.600. The summed E-state index contributed by atoms with van der Waals surface area (Å²) in [6, 6.07) is 0. The number of hydrogen-bond acceptors (Lipinski definition) is 2. The van der Waals surface area contributed by atoms with E-state index in [0.29, 0.717) is 0 Å². The van der Waals surface area contributed by atoms with Gasteiger partial charge < -0.3 is 4.74 Å². The van der Waals surface area contributed by atoms with Crippen molar-refractivity contribution in [3.05, 3.63) is 23.3 Å². The molecule has 1 rings (SSSR count). The van der Waals surface area contributed by atoms with Gasteiger partial charge in [-0.1, -0.05) is 19.9 Å². The Balaban J connectivity index is 2.40. The molecule has 0 bridgehead atoms. The molecule has 0 saturated carbocycles. The van der Waals surface area contributed by atoms with Crippen molar-refractivity contribution in [1.29, 1.82) is 0 Å². The van der Waals surface area contributed by atoms with Crippen LogP contribution in [0.3, 0.4) is 0 Å². The Morgan fingerprint density at radius 3 is 3.25 bits per heavy atom. The number of allylic oxidation sites excluding steroid dienone is 1. The van der Waals surface area contributed by atoms with Crippen LogP contribution >= 0.6 is 11.8 Å². The van der Waals surface area contributed by atoms with E-state index < -0.39 is 0 Å². The molecule has 0 unspecified atom stereocenters. The highest BCUT2D eigenvalue weighted by molar-refractivity contribution is 8.03. The van der Waals surface area contributed by atoms with Crippen molar-refractivity contribution in [2.45, 2.75) is 26.2 Å². The van der Waals surface area contributed by atoms with Crippen molar-refractivity contribution in [3.8, 4) is 0 Å². The summed E-state index contributed by atoms with van der Waals surface area (Å²) in [6.45, 7) is 6.93. The van der Waals surface area contributed by atoms with Gasteiger partial charge in [0.05, 0.1) is 12.4 Å². The van der Waals surface area contributed by atoms with Crippen molar-refractivity contribution < 1.29 is 4.74 Å². The van der Waals surface area contributed by atoms with E-state index in [1.54, 1.807) is 0 Å². The average molecular weight is 184 g/mol. The van der Waals surface area contributed by atoms with Crippen molar-refractivity contribution in [2.24, 2.45) is 0 Å². The van der Waals surface area contributed by atoms with Crippen molar-refractivity contribution in [1.82, 2.24) is 0 Å². The highest BCUT2D eigenvalue weighted by Crippen LogP contribution is 2.25. The molecular weight excluding hydrogens is 168 g/mol. The van der Waals surface area contributed by atoms with Gasteiger partial charge >= 0.3 is 0 Å². The van der Waals surface area contributed by atoms with Gasteiger partial charge in [-0.15, -0.1) is 11.8 Å². The van der Waals surface area contributed by atoms with Gasteiger partial charge in [0.2, 0.25) is 0 Å². The normalized spacial score (nSPS) is 22.1. The van der Waals surface area contributed by atoms with Crippen LogP contribution in [0.15, 0.2) is 23.3 Å². The second kappa shape index (κ2) is 5.31. The Morgan fingerprint density at radius 2 is 2.50 bits per heavy atom. The summed E-state index contributed by atoms with van der Waals surface area (Å²) in [5.74, 6) is 2.11. The molecule has 1 heterocycles. The van der Waals surface area contributed by atoms with Crippen molar-refractivity contribution in [2.75, 3.05) is 12.4 Å². The zero-order valence-corrected chi connectivity index (χ0v) is 8.45. The largest absolute Gasteiger partial charge is 0.497 e. The lowest BCUT2D eigenvalue weighted by molar-refractivity contribution is 0.222. The fourth-order valence-corrected chi connectivity index (χ4v) is 1.78. The van der Waals surface area contributed by atoms with Gasteiger partial charge in [-0.3, -0.25) is 0 Å². The molecule has 1 nitrogen and oxygen atoms in total. The van der Waals surface area contributed by atoms with Crippen LogP contribution in [-0.4, -0.2) is 12.4 Å². The molecule has 0 amide bonds. The van der Waals surface area contributed by atoms with E-state index in [-0.39, 0.29) is 0 Å². The van der Waals surface area contributed by atoms with E-state index in [4.69, 9.17) is 4.74 Å². The molecule has 0 aliphatic carbocycles. The van der Waals surface area contributed by atoms with Crippen LogP contribution in [0.4, 0.5) is 0 Å². The van der Waals surface area contributed by atoms with Crippen molar-refractivity contribution in [3.63, 3.8) is 0 Å². The minimum absolute atomic E-state index is 0.807. The first-order chi connectivity index (χ1) is 5.83. The number of ether oxygens (including phenoxy) is 1. The molecule has 2 heteroatoms. The highest BCUT2D eigenvalue weighted by atomic mass is 32.2. The minimum Gasteiger partial charge on any atom is -0.497 e. The van der Waals surface area contributed by atoms with Gasteiger partial charge in [-0.25, -0.2) is 0 Å². The predicted molar refractivity (Wildman–Crippen MR) is 55.2 cm³/mol. The van der Waals surface area contributed by atoms with E-state index in [1.165, 1.54) is 11.3 Å². The van der Waals surface area contributed by atoms with Gasteiger partial charge in [0, 0.05) is 6.42 Å². The second-order valence-corrected chi connectivity index (χ2v) is 4.04. The van der Waals surface area contributed by atoms with Gasteiger partial charge in [-0.05, 0) is 17.4 Å². The zero-order valence-electron chi connectivity index (χ0n) is 7.64. The van der Waals surface area contributed by atoms with Crippen LogP contribution in [0.5, 0.6) is 0 Å². The summed E-state index contributed by atoms with van der Waals surface area (Å²) < 4.78 is 5.55. The smallest absolute Gasteiger partial charge is 0.102 e. The molecule has 0 aromatic heterocycles. The fourth-order valence-electron chi connectivity index (χ4n) is 1.01. The summed E-state index contributed by atoms with van der Waals surface area (Å²) in [4.78, 5) is 1.25. The van der Waals surface area contributed by atoms with E-state index in [0.717, 1.165) is 31.0 Å². The number of hydrogen-bond donors (Lipinski definition) is 0. The molecule has 0 aromatic rings. The third-order valence-corrected chi connectivity index (χ3v) is 2.79. The summed E-state index contributed by atoms with van der Waals surface area (Å²) in [5.41, 5.74) is 0. The Kier molecular flexibility index (Phi) is 4.30. The molecule has 0 atom stereocenters. The van der Waals surface area contributed by atoms with E-state index >= 15 is 0 Å². The maximum atomic E-state index is 5.55. The summed E-state index contributed by atoms with van der Waals surface area (Å²) in [6.07, 6.45) is 5.51. The standard InChI is InChI=1S/C10H16OS/c1-3-4-5-10-8-12-9(2)6-7-11-10/h5H,2-4,6-8H2,1H3/b10-5+. The SMILES string of the molecule is C=C1CCO/C(=C/CCC)CS1. The zero-order chi connectivity index (χ0) is 8.81. The molecule has 1 aliphatic rings. The van der Waals surface area contributed by atoms with Crippen LogP contribution in [0.2, 0.25) is 0 Å². The molecule has 12 heavy (non-hydrogen) atoms. The lowest BCUT2D eigenvalue weighted by Crippen LogP contribution is -1.92. The van der Waals surface area contributed by atoms with Crippen LogP contribution in [0.25, 0.3) is 0 Å². The third kappa shape index (κ3) is 3.35. The Labute approximate surface area is 78.9 Å². The van der Waals surface area contributed by atoms with Crippen LogP contribution in [0, 0.1) is 0 Å². The molecule has 0 radical (unpaired) electrons. The number of rotatable bonds is 2. The first-order valence-electron chi connectivity index (χ1n) is 4.45. The summed E-state index contributed by atoms with van der Waals surface area (Å²) >= 11 is 1.81. The van der Waals surface area contributed by atoms with Crippen LogP contribution in [0.1, 0.15) is 26.2 Å². The number of thioether (sulfide) groups is 1. The third-order valence-electron chi connectivity index (χ3n) is 1.75. The molecule has 0 spiro atoms. The van der Waals surface area contributed by atoms with Gasteiger partial charge in [0.25, 0.3) is 0 Å². The van der Waals surface area contributed by atoms with Gasteiger partial charge in [-0.2, -0.15) is 0 Å². The van der Waals surface area contributed by atoms with E-state index in [1.807, 2.05) is 11.8 Å². The maximum absolute atomic E-state index is 5.55. The predicted octanol–water partition coefficient (Wildman–Crippen LogP) is 3.34. The molecule has 1 aliphatic heterocycles. The van der Waals surface area contributed by atoms with Gasteiger partial charge in [0.15, 0.2) is 0 Å². The maximum Gasteiger partial charge on any atom is 0.102 e. The summed E-state index contributed by atoms with van der Waals surface area (Å²) in [7, 11) is 0. The molecular formula is C10H16OS. The Hall–Kier alpha value is -0.370. The topological polar surface area (TPSA) is 9.23 Å². The molecule has 1 fully saturated rings. The molecule has 0 aromatic carbocycles. The first kappa shape index (κ1) is 9.72. The van der Waals surface area contributed by atoms with E-state index in [2.05, 4.69) is 19.6 Å². The second-order valence-electron chi connectivity index (χ2n) is 2.88. The van der Waals surface area contributed by atoms with E-state index in [9.17, 15) is 0 Å². The molecule has 68 valence electrons. The molecule has 1 saturated heterocycles. The summed E-state index contributed by atoms with van der Waals surface area (Å²) in [5, 5.41) is 0. The minimum atomic E-state index is 0.807. The van der Waals surface area contributed by atoms with Crippen LogP contribution in [-0.2, 0) is 4.74 Å². The lowest BCUT2D eigenvalue weighted by atomic mass is 10.3. The first-order valence-corrected chi connectivity index (χ1v) is 5.44. The van der Waals surface area contributed by atoms with Crippen LogP contribution < -0.4 is 0 Å². The lowest BCUT2D eigenvalue weighted by Gasteiger charge is -2.03. The monoisotopic (exact) mass is 184 g/mol. The average Bonchev–Trinajstić information content (AvgIpc) is 2.27. The number of unbranched alkanes of at least 4 members (excludes halogenated alkanes) is 1. The quantitative estimate of drug-likeness (QED) is 0.651. The molecule has 0 N–H and O–H groups in total. The highest BCUT2D eigenvalue weighted by Gasteiger charge is 2.06. The van der Waals surface area contributed by atoms with Crippen molar-refractivity contribution >= 4 is 11.8 Å².